The number of anilines is 3. The van der Waals surface area contributed by atoms with Crippen LogP contribution >= 0.6 is 0 Å². The summed E-state index contributed by atoms with van der Waals surface area (Å²) >= 11 is 0. The highest BCUT2D eigenvalue weighted by atomic mass is 15.3. The first-order chi connectivity index (χ1) is 13.4. The topological polar surface area (TPSA) is 70.1 Å². The van der Waals surface area contributed by atoms with Gasteiger partial charge >= 0.3 is 0 Å². The molecule has 2 aliphatic rings. The Morgan fingerprint density at radius 2 is 1.74 bits per heavy atom. The molecule has 1 N–H and O–H groups in total. The minimum absolute atomic E-state index is 0.720. The number of aromatic nitrogens is 4. The molecule has 0 saturated carbocycles. The SMILES string of the molecule is C1=C(CCNc2nccc(N3CCN(c4ncccn4)CC3)n2)CCCC1. The van der Waals surface area contributed by atoms with Crippen LogP contribution in [0.1, 0.15) is 32.1 Å². The van der Waals surface area contributed by atoms with Gasteiger partial charge in [0.05, 0.1) is 0 Å². The minimum Gasteiger partial charge on any atom is -0.354 e. The van der Waals surface area contributed by atoms with E-state index < -0.39 is 0 Å². The molecule has 0 aromatic carbocycles. The van der Waals surface area contributed by atoms with Gasteiger partial charge in [-0.15, -0.1) is 0 Å². The maximum Gasteiger partial charge on any atom is 0.225 e. The van der Waals surface area contributed by atoms with Crippen molar-refractivity contribution in [3.8, 4) is 0 Å². The van der Waals surface area contributed by atoms with Gasteiger partial charge in [0.25, 0.3) is 0 Å². The van der Waals surface area contributed by atoms with Crippen LogP contribution in [0.5, 0.6) is 0 Å². The molecule has 0 bridgehead atoms. The monoisotopic (exact) mass is 365 g/mol. The van der Waals surface area contributed by atoms with Crippen molar-refractivity contribution in [3.05, 3.63) is 42.4 Å². The van der Waals surface area contributed by atoms with Crippen molar-refractivity contribution in [2.45, 2.75) is 32.1 Å². The van der Waals surface area contributed by atoms with Gasteiger partial charge in [-0.05, 0) is 44.2 Å². The number of piperazine rings is 1. The van der Waals surface area contributed by atoms with Crippen LogP contribution in [0, 0.1) is 0 Å². The summed E-state index contributed by atoms with van der Waals surface area (Å²) in [7, 11) is 0. The number of hydrogen-bond acceptors (Lipinski definition) is 7. The van der Waals surface area contributed by atoms with E-state index in [9.17, 15) is 0 Å². The van der Waals surface area contributed by atoms with E-state index in [0.29, 0.717) is 0 Å². The highest BCUT2D eigenvalue weighted by Crippen LogP contribution is 2.20. The third-order valence-corrected chi connectivity index (χ3v) is 5.19. The molecule has 2 aromatic heterocycles. The van der Waals surface area contributed by atoms with Crippen molar-refractivity contribution < 1.29 is 0 Å². The summed E-state index contributed by atoms with van der Waals surface area (Å²) in [5, 5.41) is 3.39. The Balaban J connectivity index is 1.29. The van der Waals surface area contributed by atoms with Crippen LogP contribution in [0.2, 0.25) is 0 Å². The Hall–Kier alpha value is -2.70. The van der Waals surface area contributed by atoms with Gasteiger partial charge in [0.15, 0.2) is 0 Å². The van der Waals surface area contributed by atoms with Crippen molar-refractivity contribution in [3.63, 3.8) is 0 Å². The van der Waals surface area contributed by atoms with Crippen molar-refractivity contribution >= 4 is 17.7 Å². The van der Waals surface area contributed by atoms with E-state index >= 15 is 0 Å². The fraction of sp³-hybridized carbons (Fsp3) is 0.500. The molecule has 0 amide bonds. The Kier molecular flexibility index (Phi) is 5.76. The zero-order valence-electron chi connectivity index (χ0n) is 15.7. The molecule has 0 spiro atoms. The largest absolute Gasteiger partial charge is 0.354 e. The van der Waals surface area contributed by atoms with Gasteiger partial charge in [0.2, 0.25) is 11.9 Å². The molecule has 0 radical (unpaired) electrons. The van der Waals surface area contributed by atoms with Gasteiger partial charge in [-0.2, -0.15) is 4.98 Å². The van der Waals surface area contributed by atoms with Crippen molar-refractivity contribution in [2.75, 3.05) is 47.8 Å². The van der Waals surface area contributed by atoms with E-state index in [0.717, 1.165) is 56.9 Å². The van der Waals surface area contributed by atoms with Crippen LogP contribution in [-0.2, 0) is 0 Å². The zero-order valence-corrected chi connectivity index (χ0v) is 15.7. The fourth-order valence-electron chi connectivity index (χ4n) is 3.67. The van der Waals surface area contributed by atoms with Gasteiger partial charge < -0.3 is 15.1 Å². The quantitative estimate of drug-likeness (QED) is 0.789. The van der Waals surface area contributed by atoms with Crippen LogP contribution < -0.4 is 15.1 Å². The summed E-state index contributed by atoms with van der Waals surface area (Å²) in [6, 6.07) is 3.84. The van der Waals surface area contributed by atoms with Crippen molar-refractivity contribution in [2.24, 2.45) is 0 Å². The number of hydrogen-bond donors (Lipinski definition) is 1. The van der Waals surface area contributed by atoms with E-state index in [1.54, 1.807) is 18.0 Å². The Morgan fingerprint density at radius 3 is 2.52 bits per heavy atom. The first kappa shape index (κ1) is 17.7. The van der Waals surface area contributed by atoms with Crippen LogP contribution in [0.3, 0.4) is 0 Å². The smallest absolute Gasteiger partial charge is 0.225 e. The lowest BCUT2D eigenvalue weighted by Crippen LogP contribution is -2.47. The standard InChI is InChI=1S/C20H27N7/c1-2-5-17(6-3-1)7-11-21-19-22-12-8-18(25-19)26-13-15-27(16-14-26)20-23-9-4-10-24-20/h4-5,8-10,12H,1-3,6-7,11,13-16H2,(H,21,22,25). The third kappa shape index (κ3) is 4.72. The molecule has 2 aromatic rings. The Bertz CT molecular complexity index is 754. The molecule has 0 atom stereocenters. The zero-order chi connectivity index (χ0) is 18.3. The van der Waals surface area contributed by atoms with Crippen LogP contribution in [0.15, 0.2) is 42.4 Å². The highest BCUT2D eigenvalue weighted by Gasteiger charge is 2.20. The lowest BCUT2D eigenvalue weighted by molar-refractivity contribution is 0.634. The number of nitrogens with zero attached hydrogens (tertiary/aromatic N) is 6. The molecule has 27 heavy (non-hydrogen) atoms. The summed E-state index contributed by atoms with van der Waals surface area (Å²) in [4.78, 5) is 22.3. The third-order valence-electron chi connectivity index (χ3n) is 5.19. The summed E-state index contributed by atoms with van der Waals surface area (Å²) < 4.78 is 0. The summed E-state index contributed by atoms with van der Waals surface area (Å²) in [5.74, 6) is 2.51. The van der Waals surface area contributed by atoms with Crippen LogP contribution in [0.25, 0.3) is 0 Å². The van der Waals surface area contributed by atoms with Crippen molar-refractivity contribution in [1.29, 1.82) is 0 Å². The van der Waals surface area contributed by atoms with E-state index in [1.807, 2.05) is 18.3 Å². The second-order valence-corrected chi connectivity index (χ2v) is 7.05. The number of rotatable bonds is 6. The molecule has 0 unspecified atom stereocenters. The average Bonchev–Trinajstić information content (AvgIpc) is 2.76. The first-order valence-corrected chi connectivity index (χ1v) is 9.90. The summed E-state index contributed by atoms with van der Waals surface area (Å²) in [6.07, 6.45) is 14.1. The van der Waals surface area contributed by atoms with Gasteiger partial charge in [-0.3, -0.25) is 0 Å². The second kappa shape index (κ2) is 8.79. The fourth-order valence-corrected chi connectivity index (χ4v) is 3.67. The van der Waals surface area contributed by atoms with Gasteiger partial charge in [-0.25, -0.2) is 15.0 Å². The molecule has 1 aliphatic heterocycles. The van der Waals surface area contributed by atoms with Gasteiger partial charge in [0, 0.05) is 51.3 Å². The van der Waals surface area contributed by atoms with Gasteiger partial charge in [-0.1, -0.05) is 11.6 Å². The van der Waals surface area contributed by atoms with Crippen LogP contribution in [-0.4, -0.2) is 52.7 Å². The van der Waals surface area contributed by atoms with E-state index in [1.165, 1.54) is 25.7 Å². The molecular formula is C20H27N7. The molecule has 3 heterocycles. The highest BCUT2D eigenvalue weighted by molar-refractivity contribution is 5.45. The number of nitrogens with one attached hydrogen (secondary N) is 1. The van der Waals surface area contributed by atoms with E-state index in [-0.39, 0.29) is 0 Å². The predicted octanol–water partition coefficient (Wildman–Crippen LogP) is 2.90. The van der Waals surface area contributed by atoms with Crippen molar-refractivity contribution in [1.82, 2.24) is 19.9 Å². The van der Waals surface area contributed by atoms with E-state index in [2.05, 4.69) is 36.1 Å². The molecular weight excluding hydrogens is 338 g/mol. The van der Waals surface area contributed by atoms with Gasteiger partial charge in [0.1, 0.15) is 5.82 Å². The molecule has 1 fully saturated rings. The van der Waals surface area contributed by atoms with Crippen LogP contribution in [0.4, 0.5) is 17.7 Å². The summed E-state index contributed by atoms with van der Waals surface area (Å²) in [5.41, 5.74) is 1.57. The molecule has 4 rings (SSSR count). The number of allylic oxidation sites excluding steroid dienone is 1. The maximum absolute atomic E-state index is 4.71. The molecule has 142 valence electrons. The Morgan fingerprint density at radius 1 is 0.926 bits per heavy atom. The molecule has 7 heteroatoms. The predicted molar refractivity (Wildman–Crippen MR) is 108 cm³/mol. The second-order valence-electron chi connectivity index (χ2n) is 7.05. The Labute approximate surface area is 160 Å². The normalized spacial score (nSPS) is 17.6. The lowest BCUT2D eigenvalue weighted by Gasteiger charge is -2.35. The van der Waals surface area contributed by atoms with E-state index in [4.69, 9.17) is 4.98 Å². The molecule has 1 aliphatic carbocycles. The first-order valence-electron chi connectivity index (χ1n) is 9.90. The summed E-state index contributed by atoms with van der Waals surface area (Å²) in [6.45, 7) is 4.49. The molecule has 1 saturated heterocycles. The lowest BCUT2D eigenvalue weighted by atomic mass is 9.97. The average molecular weight is 365 g/mol. The molecule has 7 nitrogen and oxygen atoms in total. The minimum atomic E-state index is 0.720. The maximum atomic E-state index is 4.71.